The predicted molar refractivity (Wildman–Crippen MR) is 113 cm³/mol. The van der Waals surface area contributed by atoms with Crippen molar-refractivity contribution < 1.29 is 22.6 Å². The Hall–Kier alpha value is -1.89. The molecule has 158 valence electrons. The maximum absolute atomic E-state index is 12.7. The van der Waals surface area contributed by atoms with E-state index < -0.39 is 9.84 Å². The van der Waals surface area contributed by atoms with Crippen molar-refractivity contribution in [1.29, 1.82) is 0 Å². The van der Waals surface area contributed by atoms with Gasteiger partial charge in [-0.05, 0) is 61.9 Å². The molecule has 1 aliphatic rings. The molecule has 0 aromatic heterocycles. The van der Waals surface area contributed by atoms with Crippen molar-refractivity contribution in [2.24, 2.45) is 0 Å². The Bertz CT molecular complexity index is 827. The van der Waals surface area contributed by atoms with Crippen molar-refractivity contribution in [3.8, 4) is 5.75 Å². The zero-order valence-electron chi connectivity index (χ0n) is 17.0. The third kappa shape index (κ3) is 6.84. The summed E-state index contributed by atoms with van der Waals surface area (Å²) in [6, 6.07) is 16.3. The summed E-state index contributed by atoms with van der Waals surface area (Å²) in [5.74, 6) is 0.867. The van der Waals surface area contributed by atoms with Crippen LogP contribution in [0.15, 0.2) is 59.5 Å². The molecule has 29 heavy (non-hydrogen) atoms. The molecule has 0 amide bonds. The second kappa shape index (κ2) is 10.8. The Balaban J connectivity index is 1.61. The Morgan fingerprint density at radius 1 is 1.07 bits per heavy atom. The number of sulfone groups is 1. The van der Waals surface area contributed by atoms with E-state index in [0.29, 0.717) is 17.9 Å². The van der Waals surface area contributed by atoms with Crippen LogP contribution in [-0.4, -0.2) is 40.1 Å². The van der Waals surface area contributed by atoms with Gasteiger partial charge >= 0.3 is 0 Å². The van der Waals surface area contributed by atoms with Crippen LogP contribution in [-0.2, 0) is 25.9 Å². The molecule has 1 aliphatic heterocycles. The first-order valence-electron chi connectivity index (χ1n) is 10.2. The molecule has 5 nitrogen and oxygen atoms in total. The van der Waals surface area contributed by atoms with Crippen LogP contribution in [0, 0.1) is 0 Å². The summed E-state index contributed by atoms with van der Waals surface area (Å²) in [5.41, 5.74) is 1.03. The van der Waals surface area contributed by atoms with E-state index in [1.165, 1.54) is 0 Å². The van der Waals surface area contributed by atoms with Gasteiger partial charge in [0.15, 0.2) is 9.84 Å². The highest BCUT2D eigenvalue weighted by Gasteiger charge is 2.23. The number of hydrogen-bond donors (Lipinski definition) is 0. The molecule has 1 fully saturated rings. The molecular weight excluding hydrogens is 388 g/mol. The van der Waals surface area contributed by atoms with Crippen LogP contribution in [0.25, 0.3) is 0 Å². The summed E-state index contributed by atoms with van der Waals surface area (Å²) in [6.07, 6.45) is 4.40. The number of methoxy groups -OCH3 is 1. The smallest absolute Gasteiger partial charge is 0.178 e. The molecular formula is C23H30O5S. The Morgan fingerprint density at radius 3 is 2.48 bits per heavy atom. The lowest BCUT2D eigenvalue weighted by atomic mass is 10.0. The van der Waals surface area contributed by atoms with Gasteiger partial charge in [-0.15, -0.1) is 0 Å². The summed E-state index contributed by atoms with van der Waals surface area (Å²) in [6.45, 7) is 1.21. The number of benzene rings is 2. The quantitative estimate of drug-likeness (QED) is 0.572. The lowest BCUT2D eigenvalue weighted by molar-refractivity contribution is -0.0420. The summed E-state index contributed by atoms with van der Waals surface area (Å²) in [4.78, 5) is 0.364. The van der Waals surface area contributed by atoms with Gasteiger partial charge < -0.3 is 14.2 Å². The first-order chi connectivity index (χ1) is 14.1. The van der Waals surface area contributed by atoms with Crippen LogP contribution in [0.4, 0.5) is 0 Å². The fourth-order valence-corrected chi connectivity index (χ4v) is 4.90. The average Bonchev–Trinajstić information content (AvgIpc) is 2.77. The fourth-order valence-electron chi connectivity index (χ4n) is 3.52. The van der Waals surface area contributed by atoms with Crippen LogP contribution in [0.5, 0.6) is 5.75 Å². The molecule has 0 N–H and O–H groups in total. The summed E-state index contributed by atoms with van der Waals surface area (Å²) in [5, 5.41) is 0. The Kier molecular flexibility index (Phi) is 8.09. The zero-order valence-corrected chi connectivity index (χ0v) is 17.8. The van der Waals surface area contributed by atoms with E-state index in [1.54, 1.807) is 31.4 Å². The monoisotopic (exact) mass is 418 g/mol. The maximum atomic E-state index is 12.7. The van der Waals surface area contributed by atoms with Crippen molar-refractivity contribution >= 4 is 9.84 Å². The van der Waals surface area contributed by atoms with Gasteiger partial charge in [-0.25, -0.2) is 8.42 Å². The summed E-state index contributed by atoms with van der Waals surface area (Å²) in [7, 11) is -1.69. The summed E-state index contributed by atoms with van der Waals surface area (Å²) >= 11 is 0. The van der Waals surface area contributed by atoms with E-state index in [9.17, 15) is 8.42 Å². The standard InChI is InChI=1S/C23H30O5S/c1-26-20-12-10-19(11-13-20)18-28-22(17-21-7-5-6-15-27-21)14-16-29(24,25)23-8-3-2-4-9-23/h2-4,8-13,21-22H,5-7,14-18H2,1H3/t21?,22-/m1/s1. The van der Waals surface area contributed by atoms with Gasteiger partial charge in [0, 0.05) is 6.61 Å². The van der Waals surface area contributed by atoms with Gasteiger partial charge in [-0.2, -0.15) is 0 Å². The number of ether oxygens (including phenoxy) is 3. The molecule has 1 saturated heterocycles. The van der Waals surface area contributed by atoms with Gasteiger partial charge in [0.1, 0.15) is 5.75 Å². The fraction of sp³-hybridized carbons (Fsp3) is 0.478. The second-order valence-corrected chi connectivity index (χ2v) is 9.54. The molecule has 6 heteroatoms. The third-order valence-electron chi connectivity index (χ3n) is 5.26. The minimum absolute atomic E-state index is 0.0665. The van der Waals surface area contributed by atoms with Crippen molar-refractivity contribution in [3.63, 3.8) is 0 Å². The van der Waals surface area contributed by atoms with E-state index in [0.717, 1.165) is 43.6 Å². The van der Waals surface area contributed by atoms with Crippen LogP contribution in [0.3, 0.4) is 0 Å². The van der Waals surface area contributed by atoms with Crippen molar-refractivity contribution in [1.82, 2.24) is 0 Å². The lowest BCUT2D eigenvalue weighted by Gasteiger charge is -2.27. The highest BCUT2D eigenvalue weighted by molar-refractivity contribution is 7.91. The molecule has 0 aliphatic carbocycles. The second-order valence-electron chi connectivity index (χ2n) is 7.43. The normalized spacial score (nSPS) is 18.3. The Morgan fingerprint density at radius 2 is 1.83 bits per heavy atom. The highest BCUT2D eigenvalue weighted by Crippen LogP contribution is 2.23. The molecule has 0 radical (unpaired) electrons. The van der Waals surface area contributed by atoms with E-state index in [4.69, 9.17) is 14.2 Å². The maximum Gasteiger partial charge on any atom is 0.178 e. The first kappa shape index (κ1) is 21.8. The molecule has 2 atom stereocenters. The van der Waals surface area contributed by atoms with E-state index in [2.05, 4.69) is 0 Å². The minimum Gasteiger partial charge on any atom is -0.497 e. The third-order valence-corrected chi connectivity index (χ3v) is 7.02. The van der Waals surface area contributed by atoms with Gasteiger partial charge in [-0.1, -0.05) is 30.3 Å². The van der Waals surface area contributed by atoms with Crippen molar-refractivity contribution in [3.05, 3.63) is 60.2 Å². The predicted octanol–water partition coefficient (Wildman–Crippen LogP) is 4.40. The SMILES string of the molecule is COc1ccc(CO[C@H](CCS(=O)(=O)c2ccccc2)CC2CCCCO2)cc1. The summed E-state index contributed by atoms with van der Waals surface area (Å²) < 4.78 is 42.5. The molecule has 0 spiro atoms. The van der Waals surface area contributed by atoms with Crippen LogP contribution >= 0.6 is 0 Å². The number of hydrogen-bond acceptors (Lipinski definition) is 5. The van der Waals surface area contributed by atoms with E-state index in [-0.39, 0.29) is 18.0 Å². The average molecular weight is 419 g/mol. The zero-order chi connectivity index (χ0) is 20.5. The topological polar surface area (TPSA) is 61.8 Å². The lowest BCUT2D eigenvalue weighted by Crippen LogP contribution is -2.28. The highest BCUT2D eigenvalue weighted by atomic mass is 32.2. The molecule has 0 bridgehead atoms. The van der Waals surface area contributed by atoms with Crippen LogP contribution in [0.1, 0.15) is 37.7 Å². The molecule has 2 aromatic rings. The number of rotatable bonds is 10. The van der Waals surface area contributed by atoms with E-state index in [1.807, 2.05) is 30.3 Å². The molecule has 1 heterocycles. The van der Waals surface area contributed by atoms with Gasteiger partial charge in [0.05, 0.1) is 36.6 Å². The molecule has 2 aromatic carbocycles. The van der Waals surface area contributed by atoms with Gasteiger partial charge in [-0.3, -0.25) is 0 Å². The molecule has 1 unspecified atom stereocenters. The molecule has 0 saturated carbocycles. The van der Waals surface area contributed by atoms with Crippen LogP contribution < -0.4 is 4.74 Å². The Labute approximate surface area is 173 Å². The van der Waals surface area contributed by atoms with Crippen molar-refractivity contribution in [2.75, 3.05) is 19.5 Å². The first-order valence-corrected chi connectivity index (χ1v) is 11.9. The van der Waals surface area contributed by atoms with E-state index >= 15 is 0 Å². The molecule has 3 rings (SSSR count). The van der Waals surface area contributed by atoms with Gasteiger partial charge in [0.2, 0.25) is 0 Å². The minimum atomic E-state index is -3.33. The van der Waals surface area contributed by atoms with Gasteiger partial charge in [0.25, 0.3) is 0 Å². The van der Waals surface area contributed by atoms with Crippen LogP contribution in [0.2, 0.25) is 0 Å². The largest absolute Gasteiger partial charge is 0.497 e. The van der Waals surface area contributed by atoms with Crippen molar-refractivity contribution in [2.45, 2.75) is 55.8 Å².